The summed E-state index contributed by atoms with van der Waals surface area (Å²) >= 11 is 1.46. The second-order valence-electron chi connectivity index (χ2n) is 2.70. The summed E-state index contributed by atoms with van der Waals surface area (Å²) in [5, 5.41) is 5.77. The van der Waals surface area contributed by atoms with Crippen LogP contribution >= 0.6 is 11.3 Å². The van der Waals surface area contributed by atoms with Crippen LogP contribution in [0.4, 0.5) is 8.78 Å². The summed E-state index contributed by atoms with van der Waals surface area (Å²) in [6.07, 6.45) is 0. The Labute approximate surface area is 78.6 Å². The van der Waals surface area contributed by atoms with E-state index in [1.165, 1.54) is 11.3 Å². The molecule has 0 saturated heterocycles. The van der Waals surface area contributed by atoms with Crippen molar-refractivity contribution in [1.82, 2.24) is 5.32 Å². The van der Waals surface area contributed by atoms with Gasteiger partial charge in [-0.1, -0.05) is 0 Å². The van der Waals surface area contributed by atoms with Crippen molar-refractivity contribution in [3.8, 4) is 0 Å². The van der Waals surface area contributed by atoms with Crippen LogP contribution in [-0.2, 0) is 11.3 Å². The Balaban J connectivity index is 2.40. The lowest BCUT2D eigenvalue weighted by molar-refractivity contribution is -0.143. The molecule has 0 aromatic carbocycles. The van der Waals surface area contributed by atoms with Crippen molar-refractivity contribution in [2.24, 2.45) is 0 Å². The van der Waals surface area contributed by atoms with E-state index in [4.69, 9.17) is 0 Å². The number of hydrogen-bond donors (Lipinski definition) is 1. The number of carbonyl (C=O) groups is 1. The highest BCUT2D eigenvalue weighted by Gasteiger charge is 2.31. The molecule has 0 radical (unpaired) electrons. The molecule has 0 fully saturated rings. The smallest absolute Gasteiger partial charge is 0.321 e. The van der Waals surface area contributed by atoms with Gasteiger partial charge in [0.15, 0.2) is 0 Å². The number of carbonyl (C=O) groups excluding carboxylic acids is 1. The van der Waals surface area contributed by atoms with Crippen LogP contribution in [0.2, 0.25) is 0 Å². The predicted molar refractivity (Wildman–Crippen MR) is 46.8 cm³/mol. The first-order chi connectivity index (χ1) is 6.00. The van der Waals surface area contributed by atoms with E-state index >= 15 is 0 Å². The number of halogens is 2. The maximum Gasteiger partial charge on any atom is 0.321 e. The monoisotopic (exact) mass is 205 g/mol. The molecule has 72 valence electrons. The molecule has 1 amide bonds. The molecule has 0 aliphatic heterocycles. The van der Waals surface area contributed by atoms with Crippen molar-refractivity contribution in [1.29, 1.82) is 0 Å². The molecule has 1 heterocycles. The number of amides is 1. The van der Waals surface area contributed by atoms with Crippen LogP contribution in [0.1, 0.15) is 12.5 Å². The Morgan fingerprint density at radius 2 is 2.38 bits per heavy atom. The number of rotatable bonds is 3. The van der Waals surface area contributed by atoms with Gasteiger partial charge in [-0.2, -0.15) is 20.1 Å². The minimum atomic E-state index is -3.30. The van der Waals surface area contributed by atoms with Gasteiger partial charge in [0.2, 0.25) is 0 Å². The maximum atomic E-state index is 12.3. The minimum Gasteiger partial charge on any atom is -0.347 e. The zero-order valence-electron chi connectivity index (χ0n) is 7.01. The molecule has 0 saturated carbocycles. The second kappa shape index (κ2) is 3.83. The molecule has 1 N–H and O–H groups in total. The van der Waals surface area contributed by atoms with Crippen molar-refractivity contribution in [3.05, 3.63) is 22.4 Å². The van der Waals surface area contributed by atoms with Crippen LogP contribution in [0.25, 0.3) is 0 Å². The van der Waals surface area contributed by atoms with Crippen LogP contribution < -0.4 is 5.32 Å². The number of thiophene rings is 1. The summed E-state index contributed by atoms with van der Waals surface area (Å²) in [5.41, 5.74) is 0.836. The largest absolute Gasteiger partial charge is 0.347 e. The topological polar surface area (TPSA) is 29.1 Å². The van der Waals surface area contributed by atoms with E-state index in [1.807, 2.05) is 5.38 Å². The average Bonchev–Trinajstić information content (AvgIpc) is 2.50. The Kier molecular flexibility index (Phi) is 2.98. The van der Waals surface area contributed by atoms with Crippen LogP contribution in [0.15, 0.2) is 16.8 Å². The predicted octanol–water partition coefficient (Wildman–Crippen LogP) is 2.02. The van der Waals surface area contributed by atoms with Crippen molar-refractivity contribution >= 4 is 17.2 Å². The molecule has 1 aromatic heterocycles. The summed E-state index contributed by atoms with van der Waals surface area (Å²) in [6.45, 7) is 0.738. The first kappa shape index (κ1) is 10.1. The van der Waals surface area contributed by atoms with E-state index in [2.05, 4.69) is 5.32 Å². The van der Waals surface area contributed by atoms with E-state index in [9.17, 15) is 13.6 Å². The molecule has 5 heteroatoms. The van der Waals surface area contributed by atoms with Crippen molar-refractivity contribution in [3.63, 3.8) is 0 Å². The molecule has 1 aromatic rings. The third-order valence-electron chi connectivity index (χ3n) is 1.43. The van der Waals surface area contributed by atoms with Crippen LogP contribution in [-0.4, -0.2) is 11.8 Å². The van der Waals surface area contributed by atoms with Crippen molar-refractivity contribution in [2.45, 2.75) is 19.4 Å². The fourth-order valence-corrected chi connectivity index (χ4v) is 1.40. The van der Waals surface area contributed by atoms with E-state index in [1.54, 1.807) is 11.4 Å². The standard InChI is InChI=1S/C8H9F2NOS/c1-8(9,10)7(12)11-4-6-2-3-13-5-6/h2-3,5H,4H2,1H3,(H,11,12). The molecule has 0 bridgehead atoms. The van der Waals surface area contributed by atoms with Crippen molar-refractivity contribution in [2.75, 3.05) is 0 Å². The van der Waals surface area contributed by atoms with Gasteiger partial charge in [-0.25, -0.2) is 0 Å². The zero-order chi connectivity index (χ0) is 9.90. The fraction of sp³-hybridized carbons (Fsp3) is 0.375. The van der Waals surface area contributed by atoms with Gasteiger partial charge in [0.1, 0.15) is 0 Å². The third kappa shape index (κ3) is 3.10. The molecule has 13 heavy (non-hydrogen) atoms. The highest BCUT2D eigenvalue weighted by molar-refractivity contribution is 7.07. The highest BCUT2D eigenvalue weighted by atomic mass is 32.1. The first-order valence-electron chi connectivity index (χ1n) is 3.67. The number of hydrogen-bond acceptors (Lipinski definition) is 2. The highest BCUT2D eigenvalue weighted by Crippen LogP contribution is 2.12. The summed E-state index contributed by atoms with van der Waals surface area (Å²) in [5.74, 6) is -4.53. The molecule has 0 aliphatic carbocycles. The summed E-state index contributed by atoms with van der Waals surface area (Å²) in [7, 11) is 0. The molecule has 0 unspecified atom stereocenters. The summed E-state index contributed by atoms with van der Waals surface area (Å²) in [4.78, 5) is 10.7. The van der Waals surface area contributed by atoms with Gasteiger partial charge in [-0.15, -0.1) is 0 Å². The van der Waals surface area contributed by atoms with Crippen LogP contribution in [0.3, 0.4) is 0 Å². The quantitative estimate of drug-likeness (QED) is 0.803. The van der Waals surface area contributed by atoms with Gasteiger partial charge >= 0.3 is 5.92 Å². The maximum absolute atomic E-state index is 12.3. The molecule has 1 rings (SSSR count). The summed E-state index contributed by atoms with van der Waals surface area (Å²) < 4.78 is 24.7. The normalized spacial score (nSPS) is 11.3. The molecular formula is C8H9F2NOS. The van der Waals surface area contributed by atoms with Crippen molar-refractivity contribution < 1.29 is 13.6 Å². The molecule has 0 aliphatic rings. The van der Waals surface area contributed by atoms with E-state index in [0.29, 0.717) is 6.92 Å². The SMILES string of the molecule is CC(F)(F)C(=O)NCc1ccsc1. The Morgan fingerprint density at radius 1 is 1.69 bits per heavy atom. The first-order valence-corrected chi connectivity index (χ1v) is 4.61. The van der Waals surface area contributed by atoms with E-state index in [-0.39, 0.29) is 6.54 Å². The lowest BCUT2D eigenvalue weighted by atomic mass is 10.3. The van der Waals surface area contributed by atoms with Gasteiger partial charge in [0.05, 0.1) is 0 Å². The lowest BCUT2D eigenvalue weighted by Gasteiger charge is -2.09. The third-order valence-corrected chi connectivity index (χ3v) is 2.16. The molecule has 0 spiro atoms. The Morgan fingerprint density at radius 3 is 2.85 bits per heavy atom. The fourth-order valence-electron chi connectivity index (χ4n) is 0.731. The molecule has 0 atom stereocenters. The van der Waals surface area contributed by atoms with E-state index in [0.717, 1.165) is 5.56 Å². The van der Waals surface area contributed by atoms with Gasteiger partial charge in [0, 0.05) is 13.5 Å². The van der Waals surface area contributed by atoms with Crippen LogP contribution in [0, 0.1) is 0 Å². The summed E-state index contributed by atoms with van der Waals surface area (Å²) in [6, 6.07) is 1.78. The van der Waals surface area contributed by atoms with Gasteiger partial charge in [-0.05, 0) is 22.4 Å². The van der Waals surface area contributed by atoms with Gasteiger partial charge in [-0.3, -0.25) is 4.79 Å². The minimum absolute atomic E-state index is 0.158. The second-order valence-corrected chi connectivity index (χ2v) is 3.48. The van der Waals surface area contributed by atoms with Gasteiger partial charge in [0.25, 0.3) is 5.91 Å². The Hall–Kier alpha value is -0.970. The van der Waals surface area contributed by atoms with Crippen LogP contribution in [0.5, 0.6) is 0 Å². The zero-order valence-corrected chi connectivity index (χ0v) is 7.83. The number of nitrogens with one attached hydrogen (secondary N) is 1. The van der Waals surface area contributed by atoms with E-state index < -0.39 is 11.8 Å². The Bertz CT molecular complexity index is 279. The molecular weight excluding hydrogens is 196 g/mol. The lowest BCUT2D eigenvalue weighted by Crippen LogP contribution is -2.37. The number of alkyl halides is 2. The average molecular weight is 205 g/mol. The molecule has 2 nitrogen and oxygen atoms in total. The van der Waals surface area contributed by atoms with Gasteiger partial charge < -0.3 is 5.32 Å².